The summed E-state index contributed by atoms with van der Waals surface area (Å²) >= 11 is 0. The molecular formula is C25H24N2O5. The largest absolute Gasteiger partial charge is 0.487 e. The van der Waals surface area contributed by atoms with Crippen molar-refractivity contribution in [1.29, 1.82) is 0 Å². The molecule has 0 spiro atoms. The van der Waals surface area contributed by atoms with Crippen LogP contribution in [0.5, 0.6) is 5.75 Å². The van der Waals surface area contributed by atoms with Gasteiger partial charge in [-0.05, 0) is 29.7 Å². The van der Waals surface area contributed by atoms with Crippen LogP contribution < -0.4 is 4.74 Å². The van der Waals surface area contributed by atoms with E-state index < -0.39 is 4.92 Å². The standard InChI is InChI=1S/C25H24N2O5/c1-26(24(19-10-4-2-5-11-19)20-12-6-3-7-13-20)23(29)16-9-17-32-22-15-8-14-21(18-28)25(22)27(30)31/h2-8,10-15,18,24H,9,16-17H2,1H3. The zero-order valence-corrected chi connectivity index (χ0v) is 17.7. The first-order valence-corrected chi connectivity index (χ1v) is 10.2. The molecule has 7 nitrogen and oxygen atoms in total. The SMILES string of the molecule is CN(C(=O)CCCOc1cccc(C=O)c1[N+](=O)[O-])C(c1ccccc1)c1ccccc1. The lowest BCUT2D eigenvalue weighted by Gasteiger charge is -2.29. The van der Waals surface area contributed by atoms with Crippen molar-refractivity contribution in [2.75, 3.05) is 13.7 Å². The Kier molecular flexibility index (Phi) is 7.70. The van der Waals surface area contributed by atoms with E-state index in [4.69, 9.17) is 4.74 Å². The van der Waals surface area contributed by atoms with Gasteiger partial charge in [-0.2, -0.15) is 0 Å². The number of ether oxygens (including phenoxy) is 1. The molecule has 0 saturated heterocycles. The number of para-hydroxylation sites is 1. The van der Waals surface area contributed by atoms with E-state index in [0.717, 1.165) is 11.1 Å². The summed E-state index contributed by atoms with van der Waals surface area (Å²) in [5.41, 5.74) is 1.61. The molecule has 3 rings (SSSR count). The minimum absolute atomic E-state index is 0.0202. The summed E-state index contributed by atoms with van der Waals surface area (Å²) in [5.74, 6) is -0.0469. The number of carbonyl (C=O) groups is 2. The Morgan fingerprint density at radius 3 is 2.12 bits per heavy atom. The fourth-order valence-corrected chi connectivity index (χ4v) is 3.58. The molecule has 3 aromatic carbocycles. The highest BCUT2D eigenvalue weighted by Gasteiger charge is 2.24. The van der Waals surface area contributed by atoms with Gasteiger partial charge in [0, 0.05) is 13.5 Å². The molecule has 0 unspecified atom stereocenters. The van der Waals surface area contributed by atoms with Gasteiger partial charge in [0.1, 0.15) is 0 Å². The lowest BCUT2D eigenvalue weighted by atomic mass is 9.97. The first-order chi connectivity index (χ1) is 15.5. The van der Waals surface area contributed by atoms with Crippen molar-refractivity contribution in [3.8, 4) is 5.75 Å². The van der Waals surface area contributed by atoms with Crippen molar-refractivity contribution < 1.29 is 19.2 Å². The van der Waals surface area contributed by atoms with Gasteiger partial charge in [0.25, 0.3) is 0 Å². The highest BCUT2D eigenvalue weighted by molar-refractivity contribution is 5.83. The van der Waals surface area contributed by atoms with Crippen molar-refractivity contribution in [1.82, 2.24) is 4.90 Å². The van der Waals surface area contributed by atoms with Crippen molar-refractivity contribution in [3.05, 3.63) is 106 Å². The Bertz CT molecular complexity index is 1030. The zero-order chi connectivity index (χ0) is 22.9. The maximum atomic E-state index is 12.9. The number of nitro benzene ring substituents is 1. The lowest BCUT2D eigenvalue weighted by molar-refractivity contribution is -0.386. The molecule has 0 radical (unpaired) electrons. The van der Waals surface area contributed by atoms with Crippen molar-refractivity contribution in [2.24, 2.45) is 0 Å². The monoisotopic (exact) mass is 432 g/mol. The van der Waals surface area contributed by atoms with Crippen LogP contribution in [0.1, 0.15) is 40.4 Å². The van der Waals surface area contributed by atoms with Crippen LogP contribution in [0.15, 0.2) is 78.9 Å². The van der Waals surface area contributed by atoms with Gasteiger partial charge in [-0.3, -0.25) is 19.7 Å². The molecule has 0 saturated carbocycles. The number of benzene rings is 3. The third-order valence-corrected chi connectivity index (χ3v) is 5.14. The fourth-order valence-electron chi connectivity index (χ4n) is 3.58. The highest BCUT2D eigenvalue weighted by atomic mass is 16.6. The van der Waals surface area contributed by atoms with Gasteiger partial charge >= 0.3 is 5.69 Å². The van der Waals surface area contributed by atoms with E-state index >= 15 is 0 Å². The van der Waals surface area contributed by atoms with Gasteiger partial charge in [-0.1, -0.05) is 66.7 Å². The summed E-state index contributed by atoms with van der Waals surface area (Å²) in [6.45, 7) is 0.115. The van der Waals surface area contributed by atoms with E-state index in [9.17, 15) is 19.7 Å². The average molecular weight is 432 g/mol. The molecular weight excluding hydrogens is 408 g/mol. The summed E-state index contributed by atoms with van der Waals surface area (Å²) in [4.78, 5) is 36.4. The summed E-state index contributed by atoms with van der Waals surface area (Å²) in [5, 5.41) is 11.3. The Labute approximate surface area is 186 Å². The molecule has 7 heteroatoms. The number of hydrogen-bond acceptors (Lipinski definition) is 5. The van der Waals surface area contributed by atoms with E-state index in [2.05, 4.69) is 0 Å². The molecule has 0 bridgehead atoms. The van der Waals surface area contributed by atoms with E-state index in [1.807, 2.05) is 60.7 Å². The second kappa shape index (κ2) is 10.9. The Balaban J connectivity index is 1.65. The fraction of sp³-hybridized carbons (Fsp3) is 0.200. The molecule has 0 fully saturated rings. The molecule has 0 aromatic heterocycles. The van der Waals surface area contributed by atoms with Gasteiger partial charge in [0.2, 0.25) is 5.91 Å². The number of nitro groups is 1. The van der Waals surface area contributed by atoms with E-state index in [-0.39, 0.29) is 42.0 Å². The van der Waals surface area contributed by atoms with Crippen LogP contribution in [-0.2, 0) is 4.79 Å². The Hall–Kier alpha value is -4.00. The van der Waals surface area contributed by atoms with E-state index in [1.54, 1.807) is 11.9 Å². The summed E-state index contributed by atoms with van der Waals surface area (Å²) in [7, 11) is 1.77. The van der Waals surface area contributed by atoms with Gasteiger partial charge in [0.15, 0.2) is 12.0 Å². The average Bonchev–Trinajstić information content (AvgIpc) is 2.82. The number of hydrogen-bond donors (Lipinski definition) is 0. The third kappa shape index (κ3) is 5.37. The zero-order valence-electron chi connectivity index (χ0n) is 17.7. The van der Waals surface area contributed by atoms with Crippen molar-refractivity contribution >= 4 is 17.9 Å². The van der Waals surface area contributed by atoms with Gasteiger partial charge in [-0.25, -0.2) is 0 Å². The van der Waals surface area contributed by atoms with Crippen LogP contribution in [-0.4, -0.2) is 35.7 Å². The number of rotatable bonds is 10. The van der Waals surface area contributed by atoms with Gasteiger partial charge in [-0.15, -0.1) is 0 Å². The number of carbonyl (C=O) groups excluding carboxylic acids is 2. The normalized spacial score (nSPS) is 10.6. The second-order valence-electron chi connectivity index (χ2n) is 7.25. The van der Waals surface area contributed by atoms with Crippen LogP contribution in [0.2, 0.25) is 0 Å². The third-order valence-electron chi connectivity index (χ3n) is 5.14. The van der Waals surface area contributed by atoms with Crippen LogP contribution in [0, 0.1) is 10.1 Å². The smallest absolute Gasteiger partial charge is 0.321 e. The minimum atomic E-state index is -0.637. The molecule has 0 heterocycles. The summed E-state index contributed by atoms with van der Waals surface area (Å²) < 4.78 is 5.53. The summed E-state index contributed by atoms with van der Waals surface area (Å²) in [6.07, 6.45) is 1.02. The molecule has 1 amide bonds. The highest BCUT2D eigenvalue weighted by Crippen LogP contribution is 2.30. The number of aldehydes is 1. The quantitative estimate of drug-likeness (QED) is 0.198. The molecule has 0 aliphatic rings. The minimum Gasteiger partial charge on any atom is -0.487 e. The van der Waals surface area contributed by atoms with Crippen molar-refractivity contribution in [3.63, 3.8) is 0 Å². The lowest BCUT2D eigenvalue weighted by Crippen LogP contribution is -2.32. The van der Waals surface area contributed by atoms with Gasteiger partial charge < -0.3 is 9.64 Å². The molecule has 0 aliphatic heterocycles. The van der Waals surface area contributed by atoms with Crippen LogP contribution in [0.3, 0.4) is 0 Å². The van der Waals surface area contributed by atoms with Crippen LogP contribution in [0.4, 0.5) is 5.69 Å². The first-order valence-electron chi connectivity index (χ1n) is 10.2. The number of amides is 1. The molecule has 164 valence electrons. The Morgan fingerprint density at radius 2 is 1.59 bits per heavy atom. The molecule has 32 heavy (non-hydrogen) atoms. The van der Waals surface area contributed by atoms with Crippen molar-refractivity contribution in [2.45, 2.75) is 18.9 Å². The molecule has 3 aromatic rings. The van der Waals surface area contributed by atoms with E-state index in [1.165, 1.54) is 18.2 Å². The molecule has 0 aliphatic carbocycles. The predicted octanol–water partition coefficient (Wildman–Crippen LogP) is 4.81. The van der Waals surface area contributed by atoms with E-state index in [0.29, 0.717) is 12.7 Å². The van der Waals surface area contributed by atoms with Gasteiger partial charge in [0.05, 0.1) is 23.1 Å². The second-order valence-corrected chi connectivity index (χ2v) is 7.25. The Morgan fingerprint density at radius 1 is 1.00 bits per heavy atom. The van der Waals surface area contributed by atoms with Crippen LogP contribution >= 0.6 is 0 Å². The first kappa shape index (κ1) is 22.7. The molecule has 0 N–H and O–H groups in total. The molecule has 0 atom stereocenters. The van der Waals surface area contributed by atoms with Crippen LogP contribution in [0.25, 0.3) is 0 Å². The predicted molar refractivity (Wildman–Crippen MR) is 121 cm³/mol. The maximum Gasteiger partial charge on any atom is 0.321 e. The number of nitrogens with zero attached hydrogens (tertiary/aromatic N) is 2. The topological polar surface area (TPSA) is 89.8 Å². The summed E-state index contributed by atoms with van der Waals surface area (Å²) in [6, 6.07) is 23.7. The maximum absolute atomic E-state index is 12.9.